The summed E-state index contributed by atoms with van der Waals surface area (Å²) in [6.45, 7) is 4.52. The van der Waals surface area contributed by atoms with Crippen molar-refractivity contribution in [2.75, 3.05) is 0 Å². The van der Waals surface area contributed by atoms with Crippen molar-refractivity contribution in [3.63, 3.8) is 0 Å². The fraction of sp³-hybridized carbons (Fsp3) is 0.471. The average molecular weight is 332 g/mol. The number of nitrogens with zero attached hydrogens (tertiary/aromatic N) is 3. The summed E-state index contributed by atoms with van der Waals surface area (Å²) in [5.41, 5.74) is 5.21. The van der Waals surface area contributed by atoms with Gasteiger partial charge >= 0.3 is 0 Å². The second-order valence-electron chi connectivity index (χ2n) is 6.45. The van der Waals surface area contributed by atoms with E-state index in [-0.39, 0.29) is 0 Å². The lowest BCUT2D eigenvalue weighted by Gasteiger charge is -2.20. The second-order valence-corrected chi connectivity index (χ2v) is 7.80. The molecule has 5 heteroatoms. The number of aryl methyl sites for hydroxylation is 1. The molecule has 114 valence electrons. The van der Waals surface area contributed by atoms with Gasteiger partial charge in [-0.15, -0.1) is 11.3 Å². The molecular weight excluding hydrogens is 314 g/mol. The summed E-state index contributed by atoms with van der Waals surface area (Å²) in [4.78, 5) is 14.7. The van der Waals surface area contributed by atoms with Gasteiger partial charge in [0.2, 0.25) is 0 Å². The lowest BCUT2D eigenvalue weighted by Crippen LogP contribution is -2.11. The standard InChI is InChI=1S/C17H18ClN3S/c1-9(2)7-12-10-5-3-4-6-11(10)13-14-15(22-17(13)21-12)16(18)20-8-19-14/h8-9H,3-7H2,1-2H3. The van der Waals surface area contributed by atoms with Gasteiger partial charge in [0.05, 0.1) is 10.2 Å². The van der Waals surface area contributed by atoms with E-state index in [4.69, 9.17) is 16.6 Å². The smallest absolute Gasteiger partial charge is 0.150 e. The maximum Gasteiger partial charge on any atom is 0.150 e. The molecule has 0 radical (unpaired) electrons. The summed E-state index contributed by atoms with van der Waals surface area (Å²) >= 11 is 7.90. The first-order valence-electron chi connectivity index (χ1n) is 7.88. The summed E-state index contributed by atoms with van der Waals surface area (Å²) in [5.74, 6) is 0.619. The number of fused-ring (bicyclic) bond motifs is 5. The van der Waals surface area contributed by atoms with E-state index >= 15 is 0 Å². The van der Waals surface area contributed by atoms with Crippen LogP contribution in [-0.2, 0) is 19.3 Å². The van der Waals surface area contributed by atoms with Gasteiger partial charge in [0.1, 0.15) is 16.3 Å². The van der Waals surface area contributed by atoms with Crippen molar-refractivity contribution >= 4 is 43.4 Å². The molecule has 0 saturated carbocycles. The first-order chi connectivity index (χ1) is 10.6. The van der Waals surface area contributed by atoms with Crippen molar-refractivity contribution in [2.45, 2.75) is 46.0 Å². The van der Waals surface area contributed by atoms with Gasteiger partial charge in [-0.05, 0) is 49.1 Å². The molecule has 0 bridgehead atoms. The molecule has 0 aliphatic heterocycles. The molecule has 1 aliphatic carbocycles. The number of thiophene rings is 1. The summed E-state index contributed by atoms with van der Waals surface area (Å²) in [5, 5.41) is 1.77. The van der Waals surface area contributed by atoms with Crippen LogP contribution in [0.1, 0.15) is 43.5 Å². The lowest BCUT2D eigenvalue weighted by molar-refractivity contribution is 0.615. The molecule has 3 heterocycles. The fourth-order valence-corrected chi connectivity index (χ4v) is 4.77. The van der Waals surface area contributed by atoms with Crippen LogP contribution >= 0.6 is 22.9 Å². The Kier molecular flexibility index (Phi) is 3.54. The van der Waals surface area contributed by atoms with E-state index in [1.807, 2.05) is 0 Å². The van der Waals surface area contributed by atoms with Crippen LogP contribution in [0.5, 0.6) is 0 Å². The Bertz CT molecular complexity index is 869. The molecule has 0 spiro atoms. The summed E-state index contributed by atoms with van der Waals surface area (Å²) < 4.78 is 0.973. The predicted octanol–water partition coefficient (Wildman–Crippen LogP) is 4.97. The van der Waals surface area contributed by atoms with Crippen molar-refractivity contribution in [3.8, 4) is 0 Å². The molecule has 3 nitrogen and oxygen atoms in total. The Morgan fingerprint density at radius 3 is 2.73 bits per heavy atom. The van der Waals surface area contributed by atoms with Gasteiger partial charge in [-0.2, -0.15) is 0 Å². The maximum absolute atomic E-state index is 6.27. The van der Waals surface area contributed by atoms with E-state index < -0.39 is 0 Å². The van der Waals surface area contributed by atoms with Gasteiger partial charge in [-0.25, -0.2) is 15.0 Å². The van der Waals surface area contributed by atoms with Gasteiger partial charge < -0.3 is 0 Å². The molecule has 1 aliphatic rings. The highest BCUT2D eigenvalue weighted by Gasteiger charge is 2.23. The van der Waals surface area contributed by atoms with Gasteiger partial charge in [0.25, 0.3) is 0 Å². The van der Waals surface area contributed by atoms with Crippen molar-refractivity contribution in [1.29, 1.82) is 0 Å². The summed E-state index contributed by atoms with van der Waals surface area (Å²) in [6, 6.07) is 0. The van der Waals surface area contributed by atoms with Crippen molar-refractivity contribution in [3.05, 3.63) is 28.3 Å². The Morgan fingerprint density at radius 2 is 1.95 bits per heavy atom. The minimum Gasteiger partial charge on any atom is -0.242 e. The van der Waals surface area contributed by atoms with Crippen LogP contribution in [0.4, 0.5) is 0 Å². The van der Waals surface area contributed by atoms with Crippen LogP contribution in [-0.4, -0.2) is 15.0 Å². The number of rotatable bonds is 2. The zero-order valence-corrected chi connectivity index (χ0v) is 14.4. The van der Waals surface area contributed by atoms with Gasteiger partial charge in [-0.1, -0.05) is 25.4 Å². The molecule has 0 atom stereocenters. The Balaban J connectivity index is 2.09. The normalized spacial score (nSPS) is 14.9. The number of halogens is 1. The predicted molar refractivity (Wildman–Crippen MR) is 92.9 cm³/mol. The molecule has 4 rings (SSSR count). The molecule has 3 aromatic heterocycles. The molecule has 0 amide bonds. The minimum atomic E-state index is 0.544. The van der Waals surface area contributed by atoms with Crippen LogP contribution in [0.25, 0.3) is 20.4 Å². The molecule has 0 fully saturated rings. The van der Waals surface area contributed by atoms with Crippen molar-refractivity contribution in [1.82, 2.24) is 15.0 Å². The zero-order chi connectivity index (χ0) is 15.3. The molecular formula is C17H18ClN3S. The largest absolute Gasteiger partial charge is 0.242 e. The fourth-order valence-electron chi connectivity index (χ4n) is 3.47. The van der Waals surface area contributed by atoms with E-state index in [0.717, 1.165) is 34.3 Å². The number of hydrogen-bond donors (Lipinski definition) is 0. The first-order valence-corrected chi connectivity index (χ1v) is 9.08. The topological polar surface area (TPSA) is 38.7 Å². The van der Waals surface area contributed by atoms with E-state index in [1.54, 1.807) is 17.7 Å². The lowest BCUT2D eigenvalue weighted by atomic mass is 9.87. The highest BCUT2D eigenvalue weighted by Crippen LogP contribution is 2.40. The zero-order valence-electron chi connectivity index (χ0n) is 12.8. The van der Waals surface area contributed by atoms with E-state index in [0.29, 0.717) is 11.1 Å². The molecule has 0 N–H and O–H groups in total. The third kappa shape index (κ3) is 2.20. The highest BCUT2D eigenvalue weighted by molar-refractivity contribution is 7.26. The van der Waals surface area contributed by atoms with Gasteiger partial charge in [-0.3, -0.25) is 0 Å². The van der Waals surface area contributed by atoms with E-state index in [2.05, 4.69) is 23.8 Å². The van der Waals surface area contributed by atoms with Crippen LogP contribution in [0.3, 0.4) is 0 Å². The van der Waals surface area contributed by atoms with E-state index in [1.165, 1.54) is 35.0 Å². The van der Waals surface area contributed by atoms with Crippen LogP contribution < -0.4 is 0 Å². The first kappa shape index (κ1) is 14.3. The number of pyridine rings is 1. The Hall–Kier alpha value is -1.26. The number of hydrogen-bond acceptors (Lipinski definition) is 4. The summed E-state index contributed by atoms with van der Waals surface area (Å²) in [6.07, 6.45) is 7.41. The highest BCUT2D eigenvalue weighted by atomic mass is 35.5. The van der Waals surface area contributed by atoms with Crippen molar-refractivity contribution in [2.24, 2.45) is 5.92 Å². The molecule has 0 saturated heterocycles. The third-order valence-corrected chi connectivity index (χ3v) is 5.84. The molecule has 22 heavy (non-hydrogen) atoms. The van der Waals surface area contributed by atoms with Gasteiger partial charge in [0, 0.05) is 11.1 Å². The average Bonchev–Trinajstić information content (AvgIpc) is 2.87. The summed E-state index contributed by atoms with van der Waals surface area (Å²) in [7, 11) is 0. The Labute approximate surface area is 138 Å². The third-order valence-electron chi connectivity index (χ3n) is 4.37. The molecule has 3 aromatic rings. The van der Waals surface area contributed by atoms with Crippen LogP contribution in [0.15, 0.2) is 6.33 Å². The maximum atomic E-state index is 6.27. The van der Waals surface area contributed by atoms with Gasteiger partial charge in [0.15, 0.2) is 0 Å². The minimum absolute atomic E-state index is 0.544. The number of aromatic nitrogens is 3. The Morgan fingerprint density at radius 1 is 1.18 bits per heavy atom. The van der Waals surface area contributed by atoms with Crippen LogP contribution in [0, 0.1) is 5.92 Å². The quantitative estimate of drug-likeness (QED) is 0.622. The van der Waals surface area contributed by atoms with E-state index in [9.17, 15) is 0 Å². The molecule has 0 unspecified atom stereocenters. The SMILES string of the molecule is CC(C)Cc1nc2sc3c(Cl)ncnc3c2c2c1CCCC2. The second kappa shape index (κ2) is 5.43. The van der Waals surface area contributed by atoms with Crippen LogP contribution in [0.2, 0.25) is 5.15 Å². The monoisotopic (exact) mass is 331 g/mol. The van der Waals surface area contributed by atoms with Crippen molar-refractivity contribution < 1.29 is 0 Å². The molecule has 0 aromatic carbocycles.